The van der Waals surface area contributed by atoms with Crippen LogP contribution in [0, 0.1) is 17.6 Å². The predicted molar refractivity (Wildman–Crippen MR) is 166 cm³/mol. The first kappa shape index (κ1) is 30.8. The number of rotatable bonds is 7. The Morgan fingerprint density at radius 2 is 1.84 bits per heavy atom. The third-order valence-electron chi connectivity index (χ3n) is 9.70. The summed E-state index contributed by atoms with van der Waals surface area (Å²) in [5, 5.41) is 7.95. The van der Waals surface area contributed by atoms with Crippen LogP contribution in [0.25, 0.3) is 16.8 Å². The Morgan fingerprint density at radius 3 is 2.51 bits per heavy atom. The van der Waals surface area contributed by atoms with E-state index in [9.17, 15) is 4.79 Å². The van der Waals surface area contributed by atoms with Gasteiger partial charge in [0.25, 0.3) is 0 Å². The number of hydrogen-bond donors (Lipinski definition) is 2. The first-order valence-corrected chi connectivity index (χ1v) is 15.3. The maximum atomic E-state index is 15.6. The maximum absolute atomic E-state index is 15.6. The van der Waals surface area contributed by atoms with Gasteiger partial charge in [-0.2, -0.15) is 9.61 Å². The fraction of sp³-hybridized carbons (Fsp3) is 0.455. The minimum Gasteiger partial charge on any atom is -0.453 e. The van der Waals surface area contributed by atoms with Crippen molar-refractivity contribution in [3.05, 3.63) is 71.7 Å². The molecule has 2 aliphatic carbocycles. The van der Waals surface area contributed by atoms with Crippen molar-refractivity contribution in [3.63, 3.8) is 0 Å². The summed E-state index contributed by atoms with van der Waals surface area (Å²) in [5.74, 6) is -0.802. The van der Waals surface area contributed by atoms with Crippen molar-refractivity contribution in [2.45, 2.75) is 69.1 Å². The molecule has 45 heavy (non-hydrogen) atoms. The monoisotopic (exact) mass is 619 g/mol. The lowest BCUT2D eigenvalue weighted by Gasteiger charge is -2.43. The van der Waals surface area contributed by atoms with E-state index in [1.54, 1.807) is 49.8 Å². The highest BCUT2D eigenvalue weighted by Gasteiger charge is 2.39. The van der Waals surface area contributed by atoms with Crippen molar-refractivity contribution >= 4 is 23.2 Å². The van der Waals surface area contributed by atoms with Crippen molar-refractivity contribution < 1.29 is 23.0 Å². The number of halogens is 2. The second kappa shape index (κ2) is 12.3. The number of ether oxygens (including phenoxy) is 2. The highest BCUT2D eigenvalue weighted by atomic mass is 19.1. The number of aromatic nitrogens is 4. The van der Waals surface area contributed by atoms with Crippen molar-refractivity contribution in [2.75, 3.05) is 26.6 Å². The van der Waals surface area contributed by atoms with Gasteiger partial charge in [-0.3, -0.25) is 4.98 Å². The van der Waals surface area contributed by atoms with Crippen LogP contribution >= 0.6 is 0 Å². The van der Waals surface area contributed by atoms with Crippen molar-refractivity contribution in [2.24, 2.45) is 11.7 Å². The smallest absolute Gasteiger partial charge is 0.409 e. The van der Waals surface area contributed by atoms with Crippen LogP contribution in [0.4, 0.5) is 25.2 Å². The molecule has 1 aromatic carbocycles. The van der Waals surface area contributed by atoms with Crippen LogP contribution in [0.2, 0.25) is 0 Å². The molecule has 4 atom stereocenters. The van der Waals surface area contributed by atoms with Gasteiger partial charge in [-0.15, -0.1) is 0 Å². The fourth-order valence-electron chi connectivity index (χ4n) is 7.49. The molecule has 2 fully saturated rings. The predicted octanol–water partition coefficient (Wildman–Crippen LogP) is 6.14. The highest BCUT2D eigenvalue weighted by Crippen LogP contribution is 2.44. The van der Waals surface area contributed by atoms with E-state index in [2.05, 4.69) is 27.3 Å². The van der Waals surface area contributed by atoms with E-state index >= 15 is 8.78 Å². The summed E-state index contributed by atoms with van der Waals surface area (Å²) in [6.45, 7) is 2.09. The van der Waals surface area contributed by atoms with Gasteiger partial charge in [-0.05, 0) is 79.0 Å². The van der Waals surface area contributed by atoms with Crippen LogP contribution in [0.1, 0.15) is 62.5 Å². The Bertz CT molecular complexity index is 1670. The molecule has 12 heteroatoms. The Kier molecular flexibility index (Phi) is 8.45. The van der Waals surface area contributed by atoms with Crippen molar-refractivity contribution in [1.29, 1.82) is 0 Å². The van der Waals surface area contributed by atoms with Crippen LogP contribution in [0.3, 0.4) is 0 Å². The summed E-state index contributed by atoms with van der Waals surface area (Å²) in [7, 11) is 4.67. The number of carbonyl (C=O) groups excluding carboxylic acids is 1. The van der Waals surface area contributed by atoms with E-state index in [0.717, 1.165) is 43.4 Å². The summed E-state index contributed by atoms with van der Waals surface area (Å²) in [6, 6.07) is 7.60. The minimum atomic E-state index is -0.691. The van der Waals surface area contributed by atoms with Gasteiger partial charge in [-0.1, -0.05) is 19.8 Å². The molecule has 4 unspecified atom stereocenters. The SMILES string of the molecule is COC(=O)N(C)C1C(C)CC(c2ccncc2Nc2ncc3ccc(-c4c(F)cc(C5(OC)CCCC5)cc4F)nn23)CC1N. The number of fused-ring (bicyclic) bond motifs is 1. The van der Waals surface area contributed by atoms with Crippen LogP contribution in [-0.2, 0) is 15.1 Å². The molecule has 0 aliphatic heterocycles. The van der Waals surface area contributed by atoms with E-state index in [-0.39, 0.29) is 35.2 Å². The highest BCUT2D eigenvalue weighted by molar-refractivity contribution is 5.68. The molecule has 238 valence electrons. The third-order valence-corrected chi connectivity index (χ3v) is 9.70. The molecule has 6 rings (SSSR count). The zero-order valence-corrected chi connectivity index (χ0v) is 26.0. The van der Waals surface area contributed by atoms with Crippen LogP contribution < -0.4 is 11.1 Å². The lowest BCUT2D eigenvalue weighted by Crippen LogP contribution is -2.55. The van der Waals surface area contributed by atoms with E-state index in [0.29, 0.717) is 23.4 Å². The Hall–Kier alpha value is -4.16. The van der Waals surface area contributed by atoms with Crippen molar-refractivity contribution in [1.82, 2.24) is 24.5 Å². The number of imidazole rings is 1. The molecule has 3 heterocycles. The van der Waals surface area contributed by atoms with E-state index in [1.807, 2.05) is 6.07 Å². The molecular weight excluding hydrogens is 580 g/mol. The molecule has 2 saturated carbocycles. The fourth-order valence-corrected chi connectivity index (χ4v) is 7.49. The number of hydrogen-bond acceptors (Lipinski definition) is 8. The first-order chi connectivity index (χ1) is 21.7. The largest absolute Gasteiger partial charge is 0.453 e. The molecule has 3 aromatic heterocycles. The summed E-state index contributed by atoms with van der Waals surface area (Å²) in [4.78, 5) is 22.6. The first-order valence-electron chi connectivity index (χ1n) is 15.3. The zero-order valence-electron chi connectivity index (χ0n) is 26.0. The van der Waals surface area contributed by atoms with Gasteiger partial charge < -0.3 is 25.4 Å². The summed E-state index contributed by atoms with van der Waals surface area (Å²) >= 11 is 0. The molecule has 0 bridgehead atoms. The minimum absolute atomic E-state index is 0.0921. The third kappa shape index (κ3) is 5.61. The van der Waals surface area contributed by atoms with Gasteiger partial charge in [0, 0.05) is 26.4 Å². The number of nitrogens with two attached hydrogens (primary N) is 1. The Morgan fingerprint density at radius 1 is 1.11 bits per heavy atom. The van der Waals surface area contributed by atoms with Crippen LogP contribution in [0.5, 0.6) is 0 Å². The van der Waals surface area contributed by atoms with E-state index in [1.165, 1.54) is 23.8 Å². The van der Waals surface area contributed by atoms with E-state index < -0.39 is 23.3 Å². The zero-order chi connectivity index (χ0) is 31.9. The number of likely N-dealkylation sites (N-methyl/N-ethyl adjacent to an activating group) is 1. The summed E-state index contributed by atoms with van der Waals surface area (Å²) < 4.78 is 43.3. The Balaban J connectivity index is 1.29. The molecular formula is C33H39F2N7O3. The lowest BCUT2D eigenvalue weighted by atomic mass is 9.73. The second-order valence-electron chi connectivity index (χ2n) is 12.3. The van der Waals surface area contributed by atoms with Crippen LogP contribution in [-0.4, -0.2) is 63.9 Å². The van der Waals surface area contributed by atoms with Gasteiger partial charge in [-0.25, -0.2) is 18.6 Å². The number of anilines is 2. The molecule has 0 spiro atoms. The number of nitrogens with one attached hydrogen (secondary N) is 1. The van der Waals surface area contributed by atoms with Gasteiger partial charge in [0.05, 0.1) is 53.6 Å². The number of nitrogens with zero attached hydrogens (tertiary/aromatic N) is 5. The topological polar surface area (TPSA) is 120 Å². The number of carbonyl (C=O) groups is 1. The lowest BCUT2D eigenvalue weighted by molar-refractivity contribution is -0.00915. The standard InChI is InChI=1S/C33H39F2N7O3/c1-19-13-20(14-26(36)30(19)41(2)32(43)44-3)23-9-12-37-18-28(23)39-31-38-17-22-7-8-27(40-42(22)31)29-24(34)15-21(16-25(29)35)33(45-4)10-5-6-11-33/h7-9,12,15-20,26,30H,5-6,10-11,13-14,36H2,1-4H3,(H,38,39). The van der Waals surface area contributed by atoms with Gasteiger partial charge in [0.1, 0.15) is 11.6 Å². The maximum Gasteiger partial charge on any atom is 0.409 e. The number of pyridine rings is 1. The molecule has 0 radical (unpaired) electrons. The van der Waals surface area contributed by atoms with E-state index in [4.69, 9.17) is 15.2 Å². The number of amides is 1. The molecule has 3 N–H and O–H groups in total. The van der Waals surface area contributed by atoms with Gasteiger partial charge >= 0.3 is 6.09 Å². The average Bonchev–Trinajstić information content (AvgIpc) is 3.68. The number of benzene rings is 1. The second-order valence-corrected chi connectivity index (χ2v) is 12.3. The van der Waals surface area contributed by atoms with Gasteiger partial charge in [0.15, 0.2) is 0 Å². The quantitative estimate of drug-likeness (QED) is 0.253. The normalized spacial score (nSPS) is 22.8. The van der Waals surface area contributed by atoms with Gasteiger partial charge in [0.2, 0.25) is 5.95 Å². The molecule has 10 nitrogen and oxygen atoms in total. The van der Waals surface area contributed by atoms with Crippen LogP contribution in [0.15, 0.2) is 48.9 Å². The van der Waals surface area contributed by atoms with Crippen molar-refractivity contribution in [3.8, 4) is 11.3 Å². The summed E-state index contributed by atoms with van der Waals surface area (Å²) in [6.07, 6.45) is 9.48. The number of methoxy groups -OCH3 is 2. The molecule has 0 saturated heterocycles. The average molecular weight is 620 g/mol. The summed E-state index contributed by atoms with van der Waals surface area (Å²) in [5.41, 5.74) is 8.79. The molecule has 2 aliphatic rings. The molecule has 4 aromatic rings. The molecule has 1 amide bonds. The Labute approximate surface area is 260 Å².